The fraction of sp³-hybridized carbons (Fsp3) is 0.357. The highest BCUT2D eigenvalue weighted by Crippen LogP contribution is 2.16. The fourth-order valence-corrected chi connectivity index (χ4v) is 3.50. The Bertz CT molecular complexity index is 678. The predicted octanol–water partition coefficient (Wildman–Crippen LogP) is 2.83. The molecule has 0 aliphatic carbocycles. The number of ether oxygens (including phenoxy) is 1. The Morgan fingerprint density at radius 1 is 1.29 bits per heavy atom. The lowest BCUT2D eigenvalue weighted by atomic mass is 10.2. The Labute approximate surface area is 129 Å². The Morgan fingerprint density at radius 2 is 2.00 bits per heavy atom. The van der Waals surface area contributed by atoms with Gasteiger partial charge in [-0.1, -0.05) is 19.1 Å². The molecule has 1 N–H and O–H groups in total. The van der Waals surface area contributed by atoms with E-state index in [1.165, 1.54) is 16.9 Å². The van der Waals surface area contributed by atoms with Gasteiger partial charge in [-0.05, 0) is 31.0 Å². The molecule has 7 heteroatoms. The van der Waals surface area contributed by atoms with Crippen LogP contribution in [0.15, 0.2) is 29.6 Å². The maximum atomic E-state index is 11.9. The molecule has 0 saturated heterocycles. The van der Waals surface area contributed by atoms with Gasteiger partial charge in [0, 0.05) is 5.38 Å². The maximum absolute atomic E-state index is 11.9. The van der Waals surface area contributed by atoms with Crippen molar-refractivity contribution in [2.24, 2.45) is 0 Å². The standard InChI is InChI=1S/C14H18N2O3S2/c1-3-12-4-6-13(7-5-12)19-8-9-21(17,18)16-14-15-11(2)10-20-14/h4-7,10H,3,8-9H2,1-2H3,(H,15,16). The number of sulfonamides is 1. The van der Waals surface area contributed by atoms with Gasteiger partial charge in [0.2, 0.25) is 10.0 Å². The first-order valence-corrected chi connectivity index (χ1v) is 9.16. The topological polar surface area (TPSA) is 68.3 Å². The minimum atomic E-state index is -3.43. The molecule has 1 aromatic heterocycles. The molecule has 0 radical (unpaired) electrons. The second kappa shape index (κ2) is 6.91. The lowest BCUT2D eigenvalue weighted by Crippen LogP contribution is -2.21. The summed E-state index contributed by atoms with van der Waals surface area (Å²) >= 11 is 1.27. The van der Waals surface area contributed by atoms with Gasteiger partial charge >= 0.3 is 0 Å². The molecular formula is C14H18N2O3S2. The second-order valence-corrected chi connectivity index (χ2v) is 7.26. The quantitative estimate of drug-likeness (QED) is 0.849. The summed E-state index contributed by atoms with van der Waals surface area (Å²) < 4.78 is 31.6. The van der Waals surface area contributed by atoms with Crippen LogP contribution in [0.3, 0.4) is 0 Å². The highest BCUT2D eigenvalue weighted by Gasteiger charge is 2.12. The van der Waals surface area contributed by atoms with Crippen molar-refractivity contribution in [3.05, 3.63) is 40.9 Å². The summed E-state index contributed by atoms with van der Waals surface area (Å²) in [6.45, 7) is 4.00. The molecule has 0 saturated carbocycles. The second-order valence-electron chi connectivity index (χ2n) is 4.56. The largest absolute Gasteiger partial charge is 0.492 e. The van der Waals surface area contributed by atoms with Crippen LogP contribution < -0.4 is 9.46 Å². The number of nitrogens with one attached hydrogen (secondary N) is 1. The third kappa shape index (κ3) is 5.02. The highest BCUT2D eigenvalue weighted by atomic mass is 32.2. The molecule has 2 rings (SSSR count). The van der Waals surface area contributed by atoms with Crippen LogP contribution in [0.25, 0.3) is 0 Å². The summed E-state index contributed by atoms with van der Waals surface area (Å²) in [5.41, 5.74) is 2.01. The molecule has 0 unspecified atom stereocenters. The molecule has 0 fully saturated rings. The molecular weight excluding hydrogens is 308 g/mol. The van der Waals surface area contributed by atoms with Gasteiger partial charge in [0.15, 0.2) is 5.13 Å². The number of rotatable bonds is 7. The number of thiazole rings is 1. The molecule has 2 aromatic rings. The van der Waals surface area contributed by atoms with Gasteiger partial charge in [-0.2, -0.15) is 0 Å². The van der Waals surface area contributed by atoms with Crippen LogP contribution in [-0.4, -0.2) is 25.8 Å². The Kier molecular flexibility index (Phi) is 5.19. The molecule has 0 amide bonds. The minimum absolute atomic E-state index is 0.102. The molecule has 0 aliphatic rings. The van der Waals surface area contributed by atoms with Crippen LogP contribution in [0.2, 0.25) is 0 Å². The van der Waals surface area contributed by atoms with Crippen molar-refractivity contribution >= 4 is 26.5 Å². The lowest BCUT2D eigenvalue weighted by molar-refractivity contribution is 0.341. The van der Waals surface area contributed by atoms with Crippen molar-refractivity contribution in [3.63, 3.8) is 0 Å². The van der Waals surface area contributed by atoms with E-state index in [1.54, 1.807) is 5.38 Å². The normalized spacial score (nSPS) is 11.3. The monoisotopic (exact) mass is 326 g/mol. The van der Waals surface area contributed by atoms with Crippen LogP contribution in [0.1, 0.15) is 18.2 Å². The number of anilines is 1. The van der Waals surface area contributed by atoms with E-state index in [0.717, 1.165) is 12.1 Å². The van der Waals surface area contributed by atoms with Gasteiger partial charge in [0.25, 0.3) is 0 Å². The summed E-state index contributed by atoms with van der Waals surface area (Å²) in [4.78, 5) is 4.07. The minimum Gasteiger partial charge on any atom is -0.492 e. The van der Waals surface area contributed by atoms with Crippen molar-refractivity contribution in [1.82, 2.24) is 4.98 Å². The summed E-state index contributed by atoms with van der Waals surface area (Å²) in [5, 5.41) is 2.18. The molecule has 5 nitrogen and oxygen atoms in total. The van der Waals surface area contributed by atoms with Gasteiger partial charge in [0.1, 0.15) is 18.1 Å². The molecule has 0 aliphatic heterocycles. The zero-order chi connectivity index (χ0) is 15.3. The summed E-state index contributed by atoms with van der Waals surface area (Å²) in [6.07, 6.45) is 0.964. The van der Waals surface area contributed by atoms with Crippen LogP contribution in [-0.2, 0) is 16.4 Å². The van der Waals surface area contributed by atoms with Crippen molar-refractivity contribution < 1.29 is 13.2 Å². The number of nitrogens with zero attached hydrogens (tertiary/aromatic N) is 1. The van der Waals surface area contributed by atoms with Gasteiger partial charge < -0.3 is 4.74 Å². The van der Waals surface area contributed by atoms with Crippen LogP contribution in [0, 0.1) is 6.92 Å². The molecule has 0 atom stereocenters. The molecule has 0 bridgehead atoms. The zero-order valence-corrected chi connectivity index (χ0v) is 13.6. The molecule has 1 heterocycles. The van der Waals surface area contributed by atoms with Gasteiger partial charge in [-0.15, -0.1) is 11.3 Å². The average molecular weight is 326 g/mol. The highest BCUT2D eigenvalue weighted by molar-refractivity contribution is 7.92. The number of benzene rings is 1. The number of hydrogen-bond acceptors (Lipinski definition) is 5. The van der Waals surface area contributed by atoms with Crippen molar-refractivity contribution in [2.75, 3.05) is 17.1 Å². The molecule has 114 valence electrons. The fourth-order valence-electron chi connectivity index (χ4n) is 1.68. The third-order valence-electron chi connectivity index (χ3n) is 2.81. The van der Waals surface area contributed by atoms with Gasteiger partial charge in [-0.3, -0.25) is 4.72 Å². The summed E-state index contributed by atoms with van der Waals surface area (Å²) in [6, 6.07) is 7.65. The van der Waals surface area contributed by atoms with E-state index < -0.39 is 10.0 Å². The SMILES string of the molecule is CCc1ccc(OCCS(=O)(=O)Nc2nc(C)cs2)cc1. The summed E-state index contributed by atoms with van der Waals surface area (Å²) in [5.74, 6) is 0.564. The lowest BCUT2D eigenvalue weighted by Gasteiger charge is -2.08. The average Bonchev–Trinajstić information content (AvgIpc) is 2.84. The predicted molar refractivity (Wildman–Crippen MR) is 85.6 cm³/mol. The van der Waals surface area contributed by atoms with E-state index in [9.17, 15) is 8.42 Å². The van der Waals surface area contributed by atoms with E-state index >= 15 is 0 Å². The number of hydrogen-bond donors (Lipinski definition) is 1. The number of aromatic nitrogens is 1. The summed E-state index contributed by atoms with van der Waals surface area (Å²) in [7, 11) is -3.43. The molecule has 1 aromatic carbocycles. The van der Waals surface area contributed by atoms with Crippen molar-refractivity contribution in [3.8, 4) is 5.75 Å². The first-order chi connectivity index (χ1) is 9.98. The Morgan fingerprint density at radius 3 is 2.57 bits per heavy atom. The van der Waals surface area contributed by atoms with Crippen LogP contribution in [0.5, 0.6) is 5.75 Å². The molecule has 21 heavy (non-hydrogen) atoms. The maximum Gasteiger partial charge on any atom is 0.237 e. The van der Waals surface area contributed by atoms with E-state index in [2.05, 4.69) is 16.6 Å². The van der Waals surface area contributed by atoms with E-state index in [0.29, 0.717) is 10.9 Å². The molecule has 0 spiro atoms. The van der Waals surface area contributed by atoms with Crippen LogP contribution in [0.4, 0.5) is 5.13 Å². The Hall–Kier alpha value is -1.60. The smallest absolute Gasteiger partial charge is 0.237 e. The van der Waals surface area contributed by atoms with Crippen LogP contribution >= 0.6 is 11.3 Å². The first-order valence-electron chi connectivity index (χ1n) is 6.63. The zero-order valence-electron chi connectivity index (χ0n) is 12.0. The van der Waals surface area contributed by atoms with Crippen molar-refractivity contribution in [2.45, 2.75) is 20.3 Å². The van der Waals surface area contributed by atoms with Gasteiger partial charge in [0.05, 0.1) is 5.69 Å². The van der Waals surface area contributed by atoms with E-state index in [1.807, 2.05) is 31.2 Å². The number of aryl methyl sites for hydroxylation is 2. The van der Waals surface area contributed by atoms with Crippen molar-refractivity contribution in [1.29, 1.82) is 0 Å². The third-order valence-corrected chi connectivity index (χ3v) is 5.03. The van der Waals surface area contributed by atoms with Gasteiger partial charge in [-0.25, -0.2) is 13.4 Å². The first kappa shape index (κ1) is 15.8. The van der Waals surface area contributed by atoms with E-state index in [-0.39, 0.29) is 12.4 Å². The Balaban J connectivity index is 1.83. The van der Waals surface area contributed by atoms with E-state index in [4.69, 9.17) is 4.74 Å².